The Labute approximate surface area is 130 Å². The van der Waals surface area contributed by atoms with E-state index in [0.717, 1.165) is 24.8 Å². The van der Waals surface area contributed by atoms with Gasteiger partial charge in [-0.1, -0.05) is 19.4 Å². The lowest BCUT2D eigenvalue weighted by Crippen LogP contribution is -1.99. The number of furan rings is 1. The molecular formula is C17H23NO4. The van der Waals surface area contributed by atoms with Crippen LogP contribution in [0.5, 0.6) is 0 Å². The highest BCUT2D eigenvalue weighted by Crippen LogP contribution is 2.21. The van der Waals surface area contributed by atoms with Crippen LogP contribution in [-0.4, -0.2) is 16.6 Å². The molecule has 0 aliphatic carbocycles. The summed E-state index contributed by atoms with van der Waals surface area (Å²) in [6.45, 7) is 2.24. The Balaban J connectivity index is 0.000000406. The van der Waals surface area contributed by atoms with E-state index in [9.17, 15) is 10.1 Å². The maximum Gasteiger partial charge on any atom is 0.269 e. The molecule has 0 radical (unpaired) electrons. The second-order valence-corrected chi connectivity index (χ2v) is 4.93. The fourth-order valence-electron chi connectivity index (χ4n) is 2.07. The highest BCUT2D eigenvalue weighted by Gasteiger charge is 2.10. The smallest absolute Gasteiger partial charge is 0.269 e. The highest BCUT2D eigenvalue weighted by molar-refractivity contribution is 5.40. The second kappa shape index (κ2) is 10.6. The summed E-state index contributed by atoms with van der Waals surface area (Å²) in [5, 5.41) is 19.5. The molecular weight excluding hydrogens is 282 g/mol. The molecule has 0 amide bonds. The molecule has 1 N–H and O–H groups in total. The van der Waals surface area contributed by atoms with Crippen molar-refractivity contribution in [2.45, 2.75) is 39.0 Å². The normalized spacial score (nSPS) is 9.91. The van der Waals surface area contributed by atoms with E-state index < -0.39 is 0 Å². The van der Waals surface area contributed by atoms with Crippen molar-refractivity contribution in [1.29, 1.82) is 0 Å². The molecule has 0 aliphatic heterocycles. The van der Waals surface area contributed by atoms with E-state index in [1.165, 1.54) is 5.56 Å². The van der Waals surface area contributed by atoms with Gasteiger partial charge in [-0.25, -0.2) is 0 Å². The molecule has 1 heterocycles. The van der Waals surface area contributed by atoms with Gasteiger partial charge >= 0.3 is 0 Å². The van der Waals surface area contributed by atoms with E-state index in [-0.39, 0.29) is 17.2 Å². The van der Waals surface area contributed by atoms with E-state index in [2.05, 4.69) is 11.3 Å². The summed E-state index contributed by atoms with van der Waals surface area (Å²) in [6.07, 6.45) is 7.76. The van der Waals surface area contributed by atoms with E-state index in [0.29, 0.717) is 12.8 Å². The number of hydrogen-bond donors (Lipinski definition) is 1. The lowest BCUT2D eigenvalue weighted by atomic mass is 9.98. The van der Waals surface area contributed by atoms with Crippen molar-refractivity contribution in [2.24, 2.45) is 0 Å². The number of nitro groups is 1. The van der Waals surface area contributed by atoms with Crippen molar-refractivity contribution in [3.05, 3.63) is 64.1 Å². The van der Waals surface area contributed by atoms with Gasteiger partial charge in [-0.3, -0.25) is 10.1 Å². The van der Waals surface area contributed by atoms with Crippen LogP contribution >= 0.6 is 0 Å². The SMILES string of the molecule is CCCCc1ccc([N+](=O)[O-])cc1CCCO.c1ccoc1. The first kappa shape index (κ1) is 17.9. The number of non-ortho nitro benzene ring substituents is 1. The summed E-state index contributed by atoms with van der Waals surface area (Å²) in [5.74, 6) is 0. The van der Waals surface area contributed by atoms with Gasteiger partial charge in [-0.15, -0.1) is 0 Å². The van der Waals surface area contributed by atoms with Gasteiger partial charge < -0.3 is 9.52 Å². The molecule has 2 rings (SSSR count). The number of aliphatic hydroxyl groups is 1. The van der Waals surface area contributed by atoms with Crippen molar-refractivity contribution in [3.8, 4) is 0 Å². The first-order valence-electron chi connectivity index (χ1n) is 7.53. The van der Waals surface area contributed by atoms with E-state index >= 15 is 0 Å². The quantitative estimate of drug-likeness (QED) is 0.616. The zero-order chi connectivity index (χ0) is 16.2. The third-order valence-electron chi connectivity index (χ3n) is 3.23. The molecule has 0 saturated carbocycles. The minimum atomic E-state index is -0.369. The van der Waals surface area contributed by atoms with Gasteiger partial charge in [0.2, 0.25) is 0 Å². The summed E-state index contributed by atoms with van der Waals surface area (Å²) in [5.41, 5.74) is 2.31. The van der Waals surface area contributed by atoms with Crippen LogP contribution in [0.3, 0.4) is 0 Å². The highest BCUT2D eigenvalue weighted by atomic mass is 16.6. The lowest BCUT2D eigenvalue weighted by molar-refractivity contribution is -0.384. The zero-order valence-corrected chi connectivity index (χ0v) is 12.9. The molecule has 0 unspecified atom stereocenters. The number of aliphatic hydroxyl groups excluding tert-OH is 1. The summed E-state index contributed by atoms with van der Waals surface area (Å²) >= 11 is 0. The van der Waals surface area contributed by atoms with Crippen molar-refractivity contribution >= 4 is 5.69 Å². The van der Waals surface area contributed by atoms with Crippen LogP contribution in [0.15, 0.2) is 47.3 Å². The van der Waals surface area contributed by atoms with E-state index in [1.54, 1.807) is 24.7 Å². The van der Waals surface area contributed by atoms with Gasteiger partial charge in [-0.05, 0) is 48.9 Å². The molecule has 0 saturated heterocycles. The van der Waals surface area contributed by atoms with Crippen LogP contribution in [-0.2, 0) is 12.8 Å². The van der Waals surface area contributed by atoms with Gasteiger partial charge in [-0.2, -0.15) is 0 Å². The van der Waals surface area contributed by atoms with Crippen LogP contribution < -0.4 is 0 Å². The topological polar surface area (TPSA) is 76.5 Å². The number of rotatable bonds is 7. The second-order valence-electron chi connectivity index (χ2n) is 4.93. The molecule has 0 fully saturated rings. The van der Waals surface area contributed by atoms with Crippen LogP contribution in [0.4, 0.5) is 5.69 Å². The fourth-order valence-corrected chi connectivity index (χ4v) is 2.07. The Hall–Kier alpha value is -2.14. The molecule has 0 spiro atoms. The van der Waals surface area contributed by atoms with Gasteiger partial charge in [0, 0.05) is 18.7 Å². The van der Waals surface area contributed by atoms with Gasteiger partial charge in [0.25, 0.3) is 5.69 Å². The average molecular weight is 305 g/mol. The standard InChI is InChI=1S/C13H19NO3.C4H4O/c1-2-3-5-11-7-8-13(14(16)17)10-12(11)6-4-9-15;1-2-4-5-3-1/h7-8,10,15H,2-6,9H2,1H3;1-4H. The first-order valence-corrected chi connectivity index (χ1v) is 7.53. The molecule has 0 aliphatic rings. The minimum Gasteiger partial charge on any atom is -0.473 e. The zero-order valence-electron chi connectivity index (χ0n) is 12.9. The summed E-state index contributed by atoms with van der Waals surface area (Å²) in [6, 6.07) is 8.72. The maximum atomic E-state index is 10.7. The van der Waals surface area contributed by atoms with Crippen LogP contribution in [0, 0.1) is 10.1 Å². The number of unbranched alkanes of at least 4 members (excludes halogenated alkanes) is 1. The summed E-state index contributed by atoms with van der Waals surface area (Å²) < 4.78 is 4.58. The number of nitrogens with zero attached hydrogens (tertiary/aromatic N) is 1. The van der Waals surface area contributed by atoms with Gasteiger partial charge in [0.05, 0.1) is 17.4 Å². The maximum absolute atomic E-state index is 10.7. The van der Waals surface area contributed by atoms with Gasteiger partial charge in [0.15, 0.2) is 0 Å². The van der Waals surface area contributed by atoms with Crippen LogP contribution in [0.2, 0.25) is 0 Å². The molecule has 0 atom stereocenters. The molecule has 1 aromatic heterocycles. The number of aryl methyl sites for hydroxylation is 2. The molecule has 0 bridgehead atoms. The molecule has 5 heteroatoms. The molecule has 120 valence electrons. The lowest BCUT2D eigenvalue weighted by Gasteiger charge is -2.08. The predicted molar refractivity (Wildman–Crippen MR) is 85.8 cm³/mol. The number of nitro benzene ring substituents is 1. The molecule has 1 aromatic carbocycles. The molecule has 2 aromatic rings. The Bertz CT molecular complexity index is 520. The van der Waals surface area contributed by atoms with Crippen LogP contribution in [0.1, 0.15) is 37.3 Å². The molecule has 22 heavy (non-hydrogen) atoms. The summed E-state index contributed by atoms with van der Waals surface area (Å²) in [7, 11) is 0. The first-order chi connectivity index (χ1) is 10.7. The Morgan fingerprint density at radius 1 is 1.14 bits per heavy atom. The van der Waals surface area contributed by atoms with Crippen LogP contribution in [0.25, 0.3) is 0 Å². The fraction of sp³-hybridized carbons (Fsp3) is 0.412. The van der Waals surface area contributed by atoms with Crippen molar-refractivity contribution in [1.82, 2.24) is 0 Å². The third-order valence-corrected chi connectivity index (χ3v) is 3.23. The van der Waals surface area contributed by atoms with Crippen molar-refractivity contribution in [3.63, 3.8) is 0 Å². The summed E-state index contributed by atoms with van der Waals surface area (Å²) in [4.78, 5) is 10.3. The predicted octanol–water partition coefficient (Wildman–Crippen LogP) is 4.14. The third kappa shape index (κ3) is 6.54. The number of benzene rings is 1. The monoisotopic (exact) mass is 305 g/mol. The number of hydrogen-bond acceptors (Lipinski definition) is 4. The minimum absolute atomic E-state index is 0.121. The largest absolute Gasteiger partial charge is 0.473 e. The van der Waals surface area contributed by atoms with E-state index in [1.807, 2.05) is 18.2 Å². The Morgan fingerprint density at radius 2 is 1.82 bits per heavy atom. The van der Waals surface area contributed by atoms with E-state index in [4.69, 9.17) is 5.11 Å². The van der Waals surface area contributed by atoms with Crippen molar-refractivity contribution in [2.75, 3.05) is 6.61 Å². The Morgan fingerprint density at radius 3 is 2.32 bits per heavy atom. The Kier molecular flexibility index (Phi) is 8.60. The van der Waals surface area contributed by atoms with Gasteiger partial charge in [0.1, 0.15) is 0 Å². The molecule has 5 nitrogen and oxygen atoms in total. The average Bonchev–Trinajstić information content (AvgIpc) is 3.10. The van der Waals surface area contributed by atoms with Crippen molar-refractivity contribution < 1.29 is 14.4 Å².